The Morgan fingerprint density at radius 1 is 1.07 bits per heavy atom. The number of aliphatic hydroxyl groups excluding tert-OH is 1. The number of carbonyl (C=O) groups is 4. The summed E-state index contributed by atoms with van der Waals surface area (Å²) in [5, 5.41) is 22.0. The predicted octanol–water partition coefficient (Wildman–Crippen LogP) is 3.45. The number of carbonyl (C=O) groups excluding carboxylic acids is 4. The first kappa shape index (κ1) is 30.4. The number of aliphatic hydroxyl groups is 1. The monoisotopic (exact) mass is 623 g/mol. The number of ether oxygens (including phenoxy) is 1. The number of carboxylic acid groups (broad SMARTS) is 1. The molecule has 9 heteroatoms. The number of carboxylic acids is 1. The van der Waals surface area contributed by atoms with Gasteiger partial charge in [-0.1, -0.05) is 37.3 Å². The van der Waals surface area contributed by atoms with E-state index < -0.39 is 29.9 Å². The van der Waals surface area contributed by atoms with Crippen molar-refractivity contribution in [2.75, 3.05) is 6.61 Å². The van der Waals surface area contributed by atoms with E-state index in [2.05, 4.69) is 6.07 Å². The molecule has 1 saturated heterocycles. The Morgan fingerprint density at radius 2 is 1.76 bits per heavy atom. The molecule has 4 atom stereocenters. The highest BCUT2D eigenvalue weighted by Gasteiger charge is 2.58. The van der Waals surface area contributed by atoms with Crippen LogP contribution >= 0.6 is 0 Å². The van der Waals surface area contributed by atoms with Crippen LogP contribution in [-0.4, -0.2) is 52.3 Å². The zero-order valence-electron chi connectivity index (χ0n) is 26.2. The highest BCUT2D eigenvalue weighted by atomic mass is 16.5. The molecule has 0 aromatic heterocycles. The van der Waals surface area contributed by atoms with Crippen LogP contribution in [0.1, 0.15) is 80.3 Å². The first-order chi connectivity index (χ1) is 21.9. The topological polar surface area (TPSA) is 150 Å². The molecule has 0 radical (unpaired) electrons. The van der Waals surface area contributed by atoms with Crippen LogP contribution in [0, 0.1) is 22.7 Å². The molecule has 3 saturated carbocycles. The Kier molecular flexibility index (Phi) is 7.23. The fraction of sp³-hybridized carbons (Fsp3) is 0.459. The maximum Gasteiger partial charge on any atom is 0.235 e. The number of hydrogen-bond acceptors (Lipinski definition) is 7. The van der Waals surface area contributed by atoms with Gasteiger partial charge in [0.05, 0.1) is 29.7 Å². The van der Waals surface area contributed by atoms with Gasteiger partial charge in [-0.05, 0) is 97.6 Å². The smallest absolute Gasteiger partial charge is 0.235 e. The molecule has 4 fully saturated rings. The number of hydrogen-bond donors (Lipinski definition) is 2. The summed E-state index contributed by atoms with van der Waals surface area (Å²) < 4.78 is 6.14. The van der Waals surface area contributed by atoms with Crippen molar-refractivity contribution in [1.29, 1.82) is 0 Å². The van der Waals surface area contributed by atoms with Gasteiger partial charge in [0, 0.05) is 29.0 Å². The van der Waals surface area contributed by atoms with Crippen LogP contribution in [0.2, 0.25) is 0 Å². The van der Waals surface area contributed by atoms with Gasteiger partial charge in [-0.2, -0.15) is 0 Å². The molecular formula is C37H39N2O7-. The van der Waals surface area contributed by atoms with E-state index in [0.717, 1.165) is 61.6 Å². The fourth-order valence-corrected chi connectivity index (χ4v) is 9.16. The normalized spacial score (nSPS) is 29.9. The minimum absolute atomic E-state index is 0.0245. The Labute approximate surface area is 268 Å². The second-order valence-corrected chi connectivity index (χ2v) is 14.3. The van der Waals surface area contributed by atoms with Crippen LogP contribution in [0.25, 0.3) is 11.1 Å². The maximum atomic E-state index is 13.6. The largest absolute Gasteiger partial charge is 0.543 e. The SMILES string of the molecule is CC(O)C1C(=O)N2C(C(=O)[O-])=C(/C=C/COc3cccc4c3-c3ccc(CC56CCC(CC(N)=O)(CC5)CC6)cc3C4=O)[C@H](C)C12. The third kappa shape index (κ3) is 4.70. The van der Waals surface area contributed by atoms with Gasteiger partial charge in [0.15, 0.2) is 5.78 Å². The standard InChI is InChI=1S/C37H40N2O7/c1-20-23(32(35(44)45)39-31(20)29(21(2)40)34(39)43)6-4-16-46-27-7-3-5-25-30(27)24-9-8-22(17-26(24)33(25)42)18-36-10-13-37(14-11-36,15-12-36)19-28(38)41/h3-9,17,20-21,29,31,40H,10-16,18-19H2,1-2H3,(H2,38,41)(H,44,45)/p-1/b6-4+/t20-,21?,29?,31?,36?,37?/m0/s1. The molecule has 2 heterocycles. The summed E-state index contributed by atoms with van der Waals surface area (Å²) in [5.74, 6) is -2.43. The van der Waals surface area contributed by atoms with Gasteiger partial charge in [0.2, 0.25) is 11.8 Å². The summed E-state index contributed by atoms with van der Waals surface area (Å²) >= 11 is 0. The summed E-state index contributed by atoms with van der Waals surface area (Å²) in [5.41, 5.74) is 10.2. The quantitative estimate of drug-likeness (QED) is 0.329. The second-order valence-electron chi connectivity index (χ2n) is 14.3. The van der Waals surface area contributed by atoms with Crippen molar-refractivity contribution in [3.05, 3.63) is 76.5 Å². The minimum atomic E-state index is -1.43. The van der Waals surface area contributed by atoms with Crippen molar-refractivity contribution in [1.82, 2.24) is 4.90 Å². The summed E-state index contributed by atoms with van der Waals surface area (Å²) in [7, 11) is 0. The number of allylic oxidation sites excluding steroid dienone is 1. The zero-order chi connectivity index (χ0) is 32.5. The summed E-state index contributed by atoms with van der Waals surface area (Å²) in [6.45, 7) is 3.50. The maximum absolute atomic E-state index is 13.6. The predicted molar refractivity (Wildman–Crippen MR) is 167 cm³/mol. The van der Waals surface area contributed by atoms with Gasteiger partial charge in [-0.3, -0.25) is 14.4 Å². The molecule has 4 aliphatic carbocycles. The number of ketones is 1. The number of nitrogens with zero attached hydrogens (tertiary/aromatic N) is 1. The van der Waals surface area contributed by atoms with Crippen molar-refractivity contribution in [3.8, 4) is 16.9 Å². The van der Waals surface area contributed by atoms with E-state index in [4.69, 9.17) is 10.5 Å². The van der Waals surface area contributed by atoms with Gasteiger partial charge in [-0.25, -0.2) is 0 Å². The summed E-state index contributed by atoms with van der Waals surface area (Å²) in [6.07, 6.45) is 10.2. The zero-order valence-corrected chi connectivity index (χ0v) is 26.2. The van der Waals surface area contributed by atoms with Crippen molar-refractivity contribution in [2.45, 2.75) is 77.4 Å². The van der Waals surface area contributed by atoms with Crippen LogP contribution < -0.4 is 15.6 Å². The van der Waals surface area contributed by atoms with Gasteiger partial charge in [0.1, 0.15) is 12.4 Å². The number of benzene rings is 2. The van der Waals surface area contributed by atoms with E-state index in [-0.39, 0.29) is 40.7 Å². The van der Waals surface area contributed by atoms with E-state index in [1.165, 1.54) is 4.90 Å². The van der Waals surface area contributed by atoms with Crippen molar-refractivity contribution in [3.63, 3.8) is 0 Å². The molecule has 0 spiro atoms. The van der Waals surface area contributed by atoms with Crippen molar-refractivity contribution < 1.29 is 34.1 Å². The van der Waals surface area contributed by atoms with E-state index in [1.807, 2.05) is 31.2 Å². The molecule has 2 aliphatic heterocycles. The van der Waals surface area contributed by atoms with Gasteiger partial charge in [0.25, 0.3) is 0 Å². The number of rotatable bonds is 10. The number of amides is 2. The molecule has 2 bridgehead atoms. The molecule has 240 valence electrons. The van der Waals surface area contributed by atoms with E-state index in [0.29, 0.717) is 28.9 Å². The van der Waals surface area contributed by atoms with Crippen LogP contribution in [0.3, 0.4) is 0 Å². The number of fused-ring (bicyclic) bond motifs is 7. The van der Waals surface area contributed by atoms with Gasteiger partial charge < -0.3 is 30.4 Å². The van der Waals surface area contributed by atoms with Crippen molar-refractivity contribution >= 4 is 23.6 Å². The lowest BCUT2D eigenvalue weighted by atomic mass is 9.51. The average Bonchev–Trinajstić information content (AvgIpc) is 3.44. The number of nitrogens with two attached hydrogens (primary N) is 1. The average molecular weight is 624 g/mol. The first-order valence-electron chi connectivity index (χ1n) is 16.3. The lowest BCUT2D eigenvalue weighted by molar-refractivity contribution is -0.301. The van der Waals surface area contributed by atoms with Crippen LogP contribution in [0.5, 0.6) is 5.75 Å². The Morgan fingerprint density at radius 3 is 2.41 bits per heavy atom. The summed E-state index contributed by atoms with van der Waals surface area (Å²) in [4.78, 5) is 51.0. The van der Waals surface area contributed by atoms with Crippen molar-refractivity contribution in [2.24, 2.45) is 28.4 Å². The van der Waals surface area contributed by atoms with E-state index in [9.17, 15) is 29.4 Å². The Balaban J connectivity index is 1.07. The molecule has 6 aliphatic rings. The fourth-order valence-electron chi connectivity index (χ4n) is 9.16. The second kappa shape index (κ2) is 10.9. The summed E-state index contributed by atoms with van der Waals surface area (Å²) in [6, 6.07) is 11.2. The highest BCUT2D eigenvalue weighted by molar-refractivity contribution is 6.22. The number of aliphatic carboxylic acids is 1. The molecule has 9 nitrogen and oxygen atoms in total. The number of β-lactam (4-membered cyclic amide) rings is 1. The molecule has 8 rings (SSSR count). The first-order valence-corrected chi connectivity index (χ1v) is 16.3. The lowest BCUT2D eigenvalue weighted by Gasteiger charge is -2.53. The Hall–Kier alpha value is -4.24. The molecule has 46 heavy (non-hydrogen) atoms. The van der Waals surface area contributed by atoms with Crippen LogP contribution in [-0.2, 0) is 20.8 Å². The Bertz CT molecular complexity index is 1710. The minimum Gasteiger partial charge on any atom is -0.543 e. The highest BCUT2D eigenvalue weighted by Crippen LogP contribution is 2.59. The van der Waals surface area contributed by atoms with Gasteiger partial charge >= 0.3 is 0 Å². The van der Waals surface area contributed by atoms with Crippen LogP contribution in [0.4, 0.5) is 0 Å². The molecular weight excluding hydrogens is 584 g/mol. The van der Waals surface area contributed by atoms with Crippen LogP contribution in [0.15, 0.2) is 59.8 Å². The molecule has 3 N–H and O–H groups in total. The third-order valence-electron chi connectivity index (χ3n) is 11.6. The third-order valence-corrected chi connectivity index (χ3v) is 11.6. The number of primary amides is 1. The molecule has 3 unspecified atom stereocenters. The molecule has 2 aromatic rings. The molecule has 2 aromatic carbocycles. The molecule has 2 amide bonds. The van der Waals surface area contributed by atoms with E-state index in [1.54, 1.807) is 25.1 Å². The van der Waals surface area contributed by atoms with E-state index >= 15 is 0 Å². The lowest BCUT2D eigenvalue weighted by Crippen LogP contribution is -2.64. The van der Waals surface area contributed by atoms with Gasteiger partial charge in [-0.15, -0.1) is 0 Å².